The van der Waals surface area contributed by atoms with Crippen molar-refractivity contribution >= 4 is 27.9 Å². The first kappa shape index (κ1) is 14.6. The van der Waals surface area contributed by atoms with Gasteiger partial charge in [0.1, 0.15) is 11.1 Å². The van der Waals surface area contributed by atoms with Gasteiger partial charge in [0.05, 0.1) is 12.1 Å². The third-order valence-electron chi connectivity index (χ3n) is 3.88. The van der Waals surface area contributed by atoms with E-state index in [4.69, 9.17) is 5.26 Å². The molecule has 1 aliphatic rings. The first-order chi connectivity index (χ1) is 10.7. The number of carbonyl (C=O) groups is 1. The maximum atomic E-state index is 12.3. The second-order valence-electron chi connectivity index (χ2n) is 5.43. The zero-order valence-electron chi connectivity index (χ0n) is 12.4. The zero-order chi connectivity index (χ0) is 15.5. The standard InChI is InChI=1S/C17H17N3OS/c1-12-4-2-5-13-6-3-8-20(16(12)13)11-15(21)19-17-14(10-18)7-9-22-17/h2,4-5,7,9H,3,6,8,11H2,1H3,(H,19,21). The number of anilines is 2. The molecule has 1 aromatic carbocycles. The molecule has 2 aromatic rings. The van der Waals surface area contributed by atoms with E-state index in [1.165, 1.54) is 28.2 Å². The molecule has 112 valence electrons. The molecule has 2 heterocycles. The molecule has 0 radical (unpaired) electrons. The predicted molar refractivity (Wildman–Crippen MR) is 89.4 cm³/mol. The molecule has 1 aliphatic heterocycles. The average Bonchev–Trinajstić information content (AvgIpc) is 2.94. The fourth-order valence-corrected chi connectivity index (χ4v) is 3.69. The smallest absolute Gasteiger partial charge is 0.244 e. The molecule has 0 atom stereocenters. The van der Waals surface area contributed by atoms with Crippen LogP contribution in [0.15, 0.2) is 29.6 Å². The molecule has 1 aromatic heterocycles. The average molecular weight is 311 g/mol. The lowest BCUT2D eigenvalue weighted by Crippen LogP contribution is -2.37. The van der Waals surface area contributed by atoms with E-state index >= 15 is 0 Å². The number of nitriles is 1. The number of fused-ring (bicyclic) bond motifs is 1. The number of nitrogens with one attached hydrogen (secondary N) is 1. The summed E-state index contributed by atoms with van der Waals surface area (Å²) in [5.41, 5.74) is 4.23. The number of rotatable bonds is 3. The van der Waals surface area contributed by atoms with Gasteiger partial charge in [0, 0.05) is 12.2 Å². The third kappa shape index (κ3) is 2.83. The van der Waals surface area contributed by atoms with Crippen molar-refractivity contribution in [3.05, 3.63) is 46.3 Å². The monoisotopic (exact) mass is 311 g/mol. The summed E-state index contributed by atoms with van der Waals surface area (Å²) in [6.45, 7) is 3.30. The molecule has 1 amide bonds. The number of thiophene rings is 1. The Bertz CT molecular complexity index is 745. The minimum atomic E-state index is -0.0740. The lowest BCUT2D eigenvalue weighted by molar-refractivity contribution is -0.115. The van der Waals surface area contributed by atoms with Crippen LogP contribution < -0.4 is 10.2 Å². The van der Waals surface area contributed by atoms with E-state index in [0.717, 1.165) is 19.4 Å². The minimum Gasteiger partial charge on any atom is -0.362 e. The molecule has 0 aliphatic carbocycles. The summed E-state index contributed by atoms with van der Waals surface area (Å²) in [5, 5.41) is 14.3. The molecular weight excluding hydrogens is 294 g/mol. The van der Waals surface area contributed by atoms with Crippen LogP contribution >= 0.6 is 11.3 Å². The largest absolute Gasteiger partial charge is 0.362 e. The van der Waals surface area contributed by atoms with Gasteiger partial charge in [-0.25, -0.2) is 0 Å². The topological polar surface area (TPSA) is 56.1 Å². The van der Waals surface area contributed by atoms with E-state index < -0.39 is 0 Å². The first-order valence-electron chi connectivity index (χ1n) is 7.30. The van der Waals surface area contributed by atoms with Crippen molar-refractivity contribution in [2.75, 3.05) is 23.3 Å². The van der Waals surface area contributed by atoms with Crippen molar-refractivity contribution in [3.63, 3.8) is 0 Å². The van der Waals surface area contributed by atoms with Gasteiger partial charge in [-0.2, -0.15) is 5.26 Å². The number of hydrogen-bond donors (Lipinski definition) is 1. The Hall–Kier alpha value is -2.32. The van der Waals surface area contributed by atoms with Gasteiger partial charge in [0.15, 0.2) is 0 Å². The lowest BCUT2D eigenvalue weighted by Gasteiger charge is -2.32. The van der Waals surface area contributed by atoms with Crippen LogP contribution in [-0.2, 0) is 11.2 Å². The van der Waals surface area contributed by atoms with Crippen molar-refractivity contribution < 1.29 is 4.79 Å². The second kappa shape index (κ2) is 6.20. The Labute approximate surface area is 134 Å². The number of benzene rings is 1. The summed E-state index contributed by atoms with van der Waals surface area (Å²) in [7, 11) is 0. The number of nitrogens with zero attached hydrogens (tertiary/aromatic N) is 2. The molecule has 0 saturated carbocycles. The van der Waals surface area contributed by atoms with Gasteiger partial charge in [-0.05, 0) is 42.3 Å². The maximum absolute atomic E-state index is 12.3. The number of para-hydroxylation sites is 1. The highest BCUT2D eigenvalue weighted by molar-refractivity contribution is 7.14. The van der Waals surface area contributed by atoms with E-state index in [-0.39, 0.29) is 5.91 Å². The number of amides is 1. The highest BCUT2D eigenvalue weighted by atomic mass is 32.1. The van der Waals surface area contributed by atoms with Crippen molar-refractivity contribution in [3.8, 4) is 6.07 Å². The highest BCUT2D eigenvalue weighted by Gasteiger charge is 2.21. The normalized spacial score (nSPS) is 13.4. The zero-order valence-corrected chi connectivity index (χ0v) is 13.2. The fraction of sp³-hybridized carbons (Fsp3) is 0.294. The van der Waals surface area contributed by atoms with Gasteiger partial charge >= 0.3 is 0 Å². The SMILES string of the molecule is Cc1cccc2c1N(CC(=O)Nc1sccc1C#N)CCC2. The van der Waals surface area contributed by atoms with Gasteiger partial charge < -0.3 is 10.2 Å². The molecular formula is C17H17N3OS. The molecule has 4 nitrogen and oxygen atoms in total. The van der Waals surface area contributed by atoms with Crippen LogP contribution in [0.4, 0.5) is 10.7 Å². The summed E-state index contributed by atoms with van der Waals surface area (Å²) in [6.07, 6.45) is 2.13. The molecule has 0 spiro atoms. The molecule has 0 fully saturated rings. The summed E-state index contributed by atoms with van der Waals surface area (Å²) < 4.78 is 0. The molecule has 3 rings (SSSR count). The van der Waals surface area contributed by atoms with Crippen molar-refractivity contribution in [1.82, 2.24) is 0 Å². The van der Waals surface area contributed by atoms with Crippen molar-refractivity contribution in [1.29, 1.82) is 5.26 Å². The van der Waals surface area contributed by atoms with Gasteiger partial charge in [0.2, 0.25) is 5.91 Å². The Kier molecular flexibility index (Phi) is 4.12. The summed E-state index contributed by atoms with van der Waals surface area (Å²) in [4.78, 5) is 14.5. The van der Waals surface area contributed by atoms with Crippen LogP contribution in [0.25, 0.3) is 0 Å². The van der Waals surface area contributed by atoms with Crippen molar-refractivity contribution in [2.24, 2.45) is 0 Å². The Morgan fingerprint density at radius 2 is 2.32 bits per heavy atom. The van der Waals surface area contributed by atoms with E-state index in [1.807, 2.05) is 5.38 Å². The van der Waals surface area contributed by atoms with E-state index in [0.29, 0.717) is 17.1 Å². The van der Waals surface area contributed by atoms with Gasteiger partial charge in [-0.3, -0.25) is 4.79 Å². The highest BCUT2D eigenvalue weighted by Crippen LogP contribution is 2.30. The van der Waals surface area contributed by atoms with E-state index in [1.54, 1.807) is 6.07 Å². The van der Waals surface area contributed by atoms with Crippen molar-refractivity contribution in [2.45, 2.75) is 19.8 Å². The lowest BCUT2D eigenvalue weighted by atomic mass is 9.98. The number of aryl methyl sites for hydroxylation is 2. The minimum absolute atomic E-state index is 0.0740. The maximum Gasteiger partial charge on any atom is 0.244 e. The Morgan fingerprint density at radius 3 is 3.14 bits per heavy atom. The van der Waals surface area contributed by atoms with E-state index in [9.17, 15) is 4.79 Å². The van der Waals surface area contributed by atoms with Crippen LogP contribution in [0.5, 0.6) is 0 Å². The van der Waals surface area contributed by atoms with Crippen LogP contribution in [0.3, 0.4) is 0 Å². The number of hydrogen-bond acceptors (Lipinski definition) is 4. The van der Waals surface area contributed by atoms with Gasteiger partial charge in [-0.15, -0.1) is 11.3 Å². The third-order valence-corrected chi connectivity index (χ3v) is 4.71. The van der Waals surface area contributed by atoms with Crippen LogP contribution in [0, 0.1) is 18.3 Å². The molecule has 0 bridgehead atoms. The summed E-state index contributed by atoms with van der Waals surface area (Å²) in [5.74, 6) is -0.0740. The van der Waals surface area contributed by atoms with Crippen LogP contribution in [0.1, 0.15) is 23.1 Å². The first-order valence-corrected chi connectivity index (χ1v) is 8.18. The Balaban J connectivity index is 1.75. The van der Waals surface area contributed by atoms with E-state index in [2.05, 4.69) is 41.4 Å². The van der Waals surface area contributed by atoms with Gasteiger partial charge in [-0.1, -0.05) is 18.2 Å². The molecule has 1 N–H and O–H groups in total. The fourth-order valence-electron chi connectivity index (χ4n) is 2.94. The number of carbonyl (C=O) groups excluding carboxylic acids is 1. The van der Waals surface area contributed by atoms with Crippen LogP contribution in [0.2, 0.25) is 0 Å². The van der Waals surface area contributed by atoms with Gasteiger partial charge in [0.25, 0.3) is 0 Å². The van der Waals surface area contributed by atoms with Crippen LogP contribution in [-0.4, -0.2) is 19.0 Å². The Morgan fingerprint density at radius 1 is 1.45 bits per heavy atom. The molecule has 22 heavy (non-hydrogen) atoms. The molecule has 0 saturated heterocycles. The second-order valence-corrected chi connectivity index (χ2v) is 6.35. The molecule has 5 heteroatoms. The summed E-state index contributed by atoms with van der Waals surface area (Å²) >= 11 is 1.38. The summed E-state index contributed by atoms with van der Waals surface area (Å²) in [6, 6.07) is 10.1. The predicted octanol–water partition coefficient (Wildman–Crippen LogP) is 3.32. The quantitative estimate of drug-likeness (QED) is 0.946. The molecule has 0 unspecified atom stereocenters.